The summed E-state index contributed by atoms with van der Waals surface area (Å²) in [4.78, 5) is 16.8. The summed E-state index contributed by atoms with van der Waals surface area (Å²) in [5, 5.41) is 1.72. The Morgan fingerprint density at radius 2 is 1.70 bits per heavy atom. The molecule has 7 heteroatoms. The Balaban J connectivity index is 1.71. The molecule has 1 aliphatic carbocycles. The third-order valence-corrected chi connectivity index (χ3v) is 6.40. The van der Waals surface area contributed by atoms with Crippen LogP contribution in [0.3, 0.4) is 0 Å². The maximum Gasteiger partial charge on any atom is 0.356 e. The predicted molar refractivity (Wildman–Crippen MR) is 133 cm³/mol. The van der Waals surface area contributed by atoms with E-state index in [1.165, 1.54) is 0 Å². The minimum absolute atomic E-state index is 0.229. The maximum atomic E-state index is 12.2. The van der Waals surface area contributed by atoms with Gasteiger partial charge in [0.1, 0.15) is 18.1 Å². The van der Waals surface area contributed by atoms with Gasteiger partial charge in [-0.15, -0.1) is 0 Å². The number of ether oxygens (including phenoxy) is 2. The molecule has 3 aromatic rings. The molecule has 4 nitrogen and oxygen atoms in total. The number of rotatable bonds is 7. The number of carbonyl (C=O) groups excluding carboxylic acids is 1. The van der Waals surface area contributed by atoms with E-state index in [4.69, 9.17) is 44.3 Å². The van der Waals surface area contributed by atoms with Gasteiger partial charge >= 0.3 is 5.97 Å². The number of allylic oxidation sites excluding steroid dienone is 2. The molecule has 1 aromatic heterocycles. The number of aromatic nitrogens is 1. The average molecular weight is 503 g/mol. The lowest BCUT2D eigenvalue weighted by Gasteiger charge is -2.16. The van der Waals surface area contributed by atoms with Crippen molar-refractivity contribution in [1.29, 1.82) is 0 Å². The number of benzene rings is 2. The lowest BCUT2D eigenvalue weighted by molar-refractivity contribution is 0.0519. The van der Waals surface area contributed by atoms with Crippen LogP contribution in [0.4, 0.5) is 0 Å². The van der Waals surface area contributed by atoms with E-state index in [-0.39, 0.29) is 6.61 Å². The molecule has 33 heavy (non-hydrogen) atoms. The first-order chi connectivity index (χ1) is 16.0. The third-order valence-electron chi connectivity index (χ3n) is 5.46. The number of carbonyl (C=O) groups is 1. The molecular weight excluding hydrogens is 481 g/mol. The van der Waals surface area contributed by atoms with E-state index < -0.39 is 5.97 Å². The molecule has 0 aliphatic heterocycles. The van der Waals surface area contributed by atoms with Crippen LogP contribution in [0.5, 0.6) is 5.75 Å². The molecule has 0 N–H and O–H groups in total. The molecule has 0 amide bonds. The molecule has 0 unspecified atom stereocenters. The summed E-state index contributed by atoms with van der Waals surface area (Å²) >= 11 is 19.0. The fourth-order valence-corrected chi connectivity index (χ4v) is 4.61. The van der Waals surface area contributed by atoms with Crippen molar-refractivity contribution in [2.75, 3.05) is 6.61 Å². The predicted octanol–water partition coefficient (Wildman–Crippen LogP) is 7.89. The smallest absolute Gasteiger partial charge is 0.356 e. The molecule has 0 saturated carbocycles. The Labute approximate surface area is 208 Å². The van der Waals surface area contributed by atoms with Crippen LogP contribution in [0.2, 0.25) is 15.1 Å². The van der Waals surface area contributed by atoms with E-state index in [1.54, 1.807) is 37.3 Å². The van der Waals surface area contributed by atoms with Gasteiger partial charge in [-0.2, -0.15) is 0 Å². The Morgan fingerprint density at radius 1 is 0.970 bits per heavy atom. The molecule has 0 spiro atoms. The summed E-state index contributed by atoms with van der Waals surface area (Å²) in [6, 6.07) is 16.3. The molecule has 1 aliphatic rings. The topological polar surface area (TPSA) is 48.4 Å². The summed E-state index contributed by atoms with van der Waals surface area (Å²) in [6.45, 7) is 2.31. The van der Waals surface area contributed by atoms with Crippen LogP contribution >= 0.6 is 34.8 Å². The van der Waals surface area contributed by atoms with Crippen molar-refractivity contribution >= 4 is 51.9 Å². The molecule has 0 atom stereocenters. The van der Waals surface area contributed by atoms with E-state index in [9.17, 15) is 4.79 Å². The Bertz CT molecular complexity index is 1200. The van der Waals surface area contributed by atoms with E-state index in [2.05, 4.69) is 4.98 Å². The minimum atomic E-state index is -0.428. The van der Waals surface area contributed by atoms with E-state index >= 15 is 0 Å². The van der Waals surface area contributed by atoms with Gasteiger partial charge in [-0.25, -0.2) is 9.78 Å². The highest BCUT2D eigenvalue weighted by atomic mass is 35.5. The highest BCUT2D eigenvalue weighted by molar-refractivity contribution is 6.36. The fourth-order valence-electron chi connectivity index (χ4n) is 3.93. The lowest BCUT2D eigenvalue weighted by atomic mass is 9.99. The van der Waals surface area contributed by atoms with Gasteiger partial charge in [0, 0.05) is 26.2 Å². The van der Waals surface area contributed by atoms with Crippen molar-refractivity contribution in [2.24, 2.45) is 0 Å². The summed E-state index contributed by atoms with van der Waals surface area (Å²) in [6.07, 6.45) is 2.67. The molecule has 0 saturated heterocycles. The van der Waals surface area contributed by atoms with Crippen LogP contribution in [0, 0.1) is 0 Å². The first kappa shape index (κ1) is 23.6. The number of hydrogen-bond acceptors (Lipinski definition) is 4. The summed E-state index contributed by atoms with van der Waals surface area (Å²) in [5.74, 6) is 0.259. The highest BCUT2D eigenvalue weighted by Gasteiger charge is 2.23. The molecule has 2 aromatic carbocycles. The SMILES string of the molecule is CCOC(=O)c1cccc(C2=C(c3cc(Cl)ccc3OCc3c(Cl)cccc3Cl)CCC2)n1. The standard InChI is InChI=1S/C26H22Cl3NO3/c1-2-32-26(31)24-11-5-10-23(30-24)18-7-3-6-17(18)19-14-16(27)12-13-25(19)33-15-20-21(28)8-4-9-22(20)29/h4-5,8-14H,2-3,6-7,15H2,1H3. The van der Waals surface area contributed by atoms with Gasteiger partial charge < -0.3 is 9.47 Å². The summed E-state index contributed by atoms with van der Waals surface area (Å²) in [5.41, 5.74) is 4.86. The molecule has 0 bridgehead atoms. The van der Waals surface area contributed by atoms with Crippen LogP contribution in [-0.4, -0.2) is 17.6 Å². The molecule has 4 rings (SSSR count). The maximum absolute atomic E-state index is 12.2. The third kappa shape index (κ3) is 5.35. The zero-order chi connectivity index (χ0) is 23.4. The van der Waals surface area contributed by atoms with Gasteiger partial charge in [-0.05, 0) is 79.8 Å². The van der Waals surface area contributed by atoms with Crippen molar-refractivity contribution in [3.8, 4) is 5.75 Å². The first-order valence-electron chi connectivity index (χ1n) is 10.7. The second kappa shape index (κ2) is 10.6. The van der Waals surface area contributed by atoms with Crippen LogP contribution < -0.4 is 4.74 Å². The number of nitrogens with zero attached hydrogens (tertiary/aromatic N) is 1. The number of hydrogen-bond donors (Lipinski definition) is 0. The van der Waals surface area contributed by atoms with Crippen LogP contribution in [0.1, 0.15) is 53.5 Å². The van der Waals surface area contributed by atoms with Crippen molar-refractivity contribution < 1.29 is 14.3 Å². The summed E-state index contributed by atoms with van der Waals surface area (Å²) in [7, 11) is 0. The normalized spacial score (nSPS) is 13.3. The van der Waals surface area contributed by atoms with Crippen LogP contribution in [-0.2, 0) is 11.3 Å². The van der Waals surface area contributed by atoms with Crippen molar-refractivity contribution in [3.63, 3.8) is 0 Å². The molecular formula is C26H22Cl3NO3. The van der Waals surface area contributed by atoms with Crippen LogP contribution in [0.15, 0.2) is 54.6 Å². The summed E-state index contributed by atoms with van der Waals surface area (Å²) < 4.78 is 11.3. The average Bonchev–Trinajstić information content (AvgIpc) is 3.29. The van der Waals surface area contributed by atoms with Crippen molar-refractivity contribution in [1.82, 2.24) is 4.98 Å². The zero-order valence-electron chi connectivity index (χ0n) is 18.0. The minimum Gasteiger partial charge on any atom is -0.488 e. The van der Waals surface area contributed by atoms with Gasteiger partial charge in [-0.1, -0.05) is 46.9 Å². The van der Waals surface area contributed by atoms with E-state index in [0.29, 0.717) is 33.1 Å². The van der Waals surface area contributed by atoms with Crippen molar-refractivity contribution in [3.05, 3.63) is 92.2 Å². The molecule has 1 heterocycles. The van der Waals surface area contributed by atoms with E-state index in [0.717, 1.165) is 47.2 Å². The zero-order valence-corrected chi connectivity index (χ0v) is 20.3. The molecule has 0 radical (unpaired) electrons. The Morgan fingerprint density at radius 3 is 2.45 bits per heavy atom. The van der Waals surface area contributed by atoms with Gasteiger partial charge in [0.15, 0.2) is 0 Å². The van der Waals surface area contributed by atoms with Gasteiger partial charge in [0.2, 0.25) is 0 Å². The molecule has 170 valence electrons. The monoisotopic (exact) mass is 501 g/mol. The quantitative estimate of drug-likeness (QED) is 0.308. The first-order valence-corrected chi connectivity index (χ1v) is 11.8. The fraction of sp³-hybridized carbons (Fsp3) is 0.231. The van der Waals surface area contributed by atoms with Gasteiger partial charge in [-0.3, -0.25) is 0 Å². The number of pyridine rings is 1. The van der Waals surface area contributed by atoms with Gasteiger partial charge in [0.25, 0.3) is 0 Å². The van der Waals surface area contributed by atoms with Crippen molar-refractivity contribution in [2.45, 2.75) is 32.8 Å². The number of esters is 1. The van der Waals surface area contributed by atoms with Crippen LogP contribution in [0.25, 0.3) is 11.1 Å². The van der Waals surface area contributed by atoms with Gasteiger partial charge in [0.05, 0.1) is 12.3 Å². The highest BCUT2D eigenvalue weighted by Crippen LogP contribution is 2.43. The molecule has 0 fully saturated rings. The largest absolute Gasteiger partial charge is 0.488 e. The second-order valence-corrected chi connectivity index (χ2v) is 8.82. The van der Waals surface area contributed by atoms with E-state index in [1.807, 2.05) is 24.3 Å². The Kier molecular flexibility index (Phi) is 7.59. The lowest BCUT2D eigenvalue weighted by Crippen LogP contribution is -2.08. The second-order valence-electron chi connectivity index (χ2n) is 7.57. The Hall–Kier alpha value is -2.53. The number of halogens is 3.